The summed E-state index contributed by atoms with van der Waals surface area (Å²) in [5.74, 6) is 0.939. The molecular weight excluding hydrogens is 216 g/mol. The summed E-state index contributed by atoms with van der Waals surface area (Å²) in [5, 5.41) is 8.91. The fraction of sp³-hybridized carbons (Fsp3) is 0.200. The van der Waals surface area contributed by atoms with Crippen LogP contribution in [0.25, 0.3) is 0 Å². The highest BCUT2D eigenvalue weighted by molar-refractivity contribution is 8.01. The second-order valence-electron chi connectivity index (χ2n) is 2.82. The average Bonchev–Trinajstić information content (AvgIpc) is 2.77. The van der Waals surface area contributed by atoms with Gasteiger partial charge in [-0.3, -0.25) is 0 Å². The third-order valence-electron chi connectivity index (χ3n) is 1.81. The molecule has 2 heterocycles. The second kappa shape index (κ2) is 4.21. The molecule has 0 amide bonds. The lowest BCUT2D eigenvalue weighted by atomic mass is 10.5. The molecule has 74 valence electrons. The van der Waals surface area contributed by atoms with Crippen LogP contribution in [0.2, 0.25) is 0 Å². The lowest BCUT2D eigenvalue weighted by molar-refractivity contribution is 0.285. The molecule has 1 N–H and O–H groups in total. The Morgan fingerprint density at radius 2 is 2.29 bits per heavy atom. The van der Waals surface area contributed by atoms with Gasteiger partial charge in [0.2, 0.25) is 0 Å². The van der Waals surface area contributed by atoms with E-state index in [9.17, 15) is 0 Å². The zero-order valence-corrected chi connectivity index (χ0v) is 9.32. The van der Waals surface area contributed by atoms with E-state index in [1.54, 1.807) is 29.4 Å². The van der Waals surface area contributed by atoms with E-state index in [-0.39, 0.29) is 6.61 Å². The molecular formula is C10H10O2S2. The van der Waals surface area contributed by atoms with E-state index < -0.39 is 0 Å². The van der Waals surface area contributed by atoms with Crippen molar-refractivity contribution in [3.05, 3.63) is 35.1 Å². The number of hydrogen-bond donors (Lipinski definition) is 1. The van der Waals surface area contributed by atoms with Gasteiger partial charge in [-0.15, -0.1) is 11.3 Å². The lowest BCUT2D eigenvalue weighted by Crippen LogP contribution is -1.70. The smallest absolute Gasteiger partial charge is 0.114 e. The van der Waals surface area contributed by atoms with Crippen molar-refractivity contribution in [3.8, 4) is 0 Å². The molecule has 2 aromatic heterocycles. The van der Waals surface area contributed by atoms with E-state index in [1.165, 1.54) is 4.21 Å². The van der Waals surface area contributed by atoms with E-state index in [4.69, 9.17) is 9.52 Å². The molecule has 0 aliphatic carbocycles. The van der Waals surface area contributed by atoms with Crippen molar-refractivity contribution in [2.45, 2.75) is 22.6 Å². The molecule has 0 aliphatic rings. The third-order valence-corrected chi connectivity index (χ3v) is 4.16. The Morgan fingerprint density at radius 1 is 1.43 bits per heavy atom. The Bertz CT molecular complexity index is 417. The van der Waals surface area contributed by atoms with Crippen LogP contribution in [0.15, 0.2) is 38.0 Å². The van der Waals surface area contributed by atoms with Gasteiger partial charge >= 0.3 is 0 Å². The number of aryl methyl sites for hydroxylation is 1. The molecule has 0 spiro atoms. The molecule has 0 bridgehead atoms. The lowest BCUT2D eigenvalue weighted by Gasteiger charge is -1.94. The first-order chi connectivity index (χ1) is 6.79. The van der Waals surface area contributed by atoms with Gasteiger partial charge in [0.05, 0.1) is 22.0 Å². The van der Waals surface area contributed by atoms with Crippen molar-refractivity contribution in [2.75, 3.05) is 0 Å². The molecule has 0 saturated carbocycles. The summed E-state index contributed by atoms with van der Waals surface area (Å²) in [6.07, 6.45) is 1.69. The molecule has 0 unspecified atom stereocenters. The zero-order chi connectivity index (χ0) is 9.97. The minimum absolute atomic E-state index is 0.121. The second-order valence-corrected chi connectivity index (χ2v) is 5.33. The van der Waals surface area contributed by atoms with Crippen LogP contribution in [0.3, 0.4) is 0 Å². The number of aliphatic hydroxyl groups is 1. The first-order valence-electron chi connectivity index (χ1n) is 4.21. The molecule has 2 aromatic rings. The minimum Gasteiger partial charge on any atom is -0.468 e. The summed E-state index contributed by atoms with van der Waals surface area (Å²) in [6, 6.07) is 5.92. The van der Waals surface area contributed by atoms with Crippen LogP contribution in [-0.2, 0) is 6.61 Å². The molecule has 0 aromatic carbocycles. The normalized spacial score (nSPS) is 10.7. The first kappa shape index (κ1) is 9.83. The predicted molar refractivity (Wildman–Crippen MR) is 57.8 cm³/mol. The van der Waals surface area contributed by atoms with E-state index in [0.717, 1.165) is 15.5 Å². The number of thiophene rings is 1. The van der Waals surface area contributed by atoms with Gasteiger partial charge in [-0.2, -0.15) is 0 Å². The van der Waals surface area contributed by atoms with Crippen LogP contribution >= 0.6 is 23.1 Å². The van der Waals surface area contributed by atoms with Crippen molar-refractivity contribution >= 4 is 23.1 Å². The summed E-state index contributed by atoms with van der Waals surface area (Å²) in [4.78, 5) is 2.13. The number of hydrogen-bond acceptors (Lipinski definition) is 4. The van der Waals surface area contributed by atoms with Gasteiger partial charge in [0.1, 0.15) is 5.76 Å². The quantitative estimate of drug-likeness (QED) is 0.871. The molecule has 0 fully saturated rings. The Kier molecular flexibility index (Phi) is 2.96. The third kappa shape index (κ3) is 2.03. The molecule has 0 saturated heterocycles. The summed E-state index contributed by atoms with van der Waals surface area (Å²) in [7, 11) is 0. The van der Waals surface area contributed by atoms with E-state index in [2.05, 4.69) is 0 Å². The number of aliphatic hydroxyl groups excluding tert-OH is 1. The highest BCUT2D eigenvalue weighted by atomic mass is 32.2. The van der Waals surface area contributed by atoms with E-state index in [1.807, 2.05) is 25.1 Å². The van der Waals surface area contributed by atoms with Crippen LogP contribution in [0, 0.1) is 6.92 Å². The van der Waals surface area contributed by atoms with Crippen LogP contribution in [0.4, 0.5) is 0 Å². The topological polar surface area (TPSA) is 33.4 Å². The Balaban J connectivity index is 2.15. The van der Waals surface area contributed by atoms with Gasteiger partial charge in [0, 0.05) is 4.88 Å². The van der Waals surface area contributed by atoms with Gasteiger partial charge in [0.25, 0.3) is 0 Å². The number of rotatable bonds is 3. The minimum atomic E-state index is 0.121. The van der Waals surface area contributed by atoms with Gasteiger partial charge in [0.15, 0.2) is 0 Å². The average molecular weight is 226 g/mol. The van der Waals surface area contributed by atoms with Crippen molar-refractivity contribution < 1.29 is 9.52 Å². The van der Waals surface area contributed by atoms with Crippen LogP contribution in [0.1, 0.15) is 10.6 Å². The molecule has 2 nitrogen and oxygen atoms in total. The summed E-state index contributed by atoms with van der Waals surface area (Å²) < 4.78 is 6.38. The SMILES string of the molecule is Cc1occc1Sc1ccc(CO)s1. The summed E-state index contributed by atoms with van der Waals surface area (Å²) in [5.41, 5.74) is 0. The molecule has 0 radical (unpaired) electrons. The maximum absolute atomic E-state index is 8.91. The molecule has 0 atom stereocenters. The van der Waals surface area contributed by atoms with Gasteiger partial charge in [-0.05, 0) is 25.1 Å². The molecule has 2 rings (SSSR count). The van der Waals surface area contributed by atoms with Gasteiger partial charge in [-0.1, -0.05) is 11.8 Å². The summed E-state index contributed by atoms with van der Waals surface area (Å²) >= 11 is 3.28. The fourth-order valence-corrected chi connectivity index (χ4v) is 3.11. The highest BCUT2D eigenvalue weighted by Gasteiger charge is 2.05. The predicted octanol–water partition coefficient (Wildman–Crippen LogP) is 3.29. The fourth-order valence-electron chi connectivity index (χ4n) is 1.09. The standard InChI is InChI=1S/C10H10O2S2/c1-7-9(4-5-12-7)14-10-3-2-8(6-11)13-10/h2-5,11H,6H2,1H3. The van der Waals surface area contributed by atoms with Gasteiger partial charge < -0.3 is 9.52 Å². The number of furan rings is 1. The van der Waals surface area contributed by atoms with E-state index in [0.29, 0.717) is 0 Å². The maximum atomic E-state index is 8.91. The van der Waals surface area contributed by atoms with Gasteiger partial charge in [-0.25, -0.2) is 0 Å². The van der Waals surface area contributed by atoms with Crippen molar-refractivity contribution in [3.63, 3.8) is 0 Å². The largest absolute Gasteiger partial charge is 0.468 e. The summed E-state index contributed by atoms with van der Waals surface area (Å²) in [6.45, 7) is 2.07. The monoisotopic (exact) mass is 226 g/mol. The van der Waals surface area contributed by atoms with Crippen LogP contribution < -0.4 is 0 Å². The van der Waals surface area contributed by atoms with Crippen LogP contribution in [0.5, 0.6) is 0 Å². The molecule has 4 heteroatoms. The molecule has 14 heavy (non-hydrogen) atoms. The Morgan fingerprint density at radius 3 is 2.86 bits per heavy atom. The van der Waals surface area contributed by atoms with Crippen molar-refractivity contribution in [2.24, 2.45) is 0 Å². The Hall–Kier alpha value is -0.710. The Labute approximate surface area is 90.6 Å². The van der Waals surface area contributed by atoms with Crippen molar-refractivity contribution in [1.29, 1.82) is 0 Å². The van der Waals surface area contributed by atoms with E-state index >= 15 is 0 Å². The van der Waals surface area contributed by atoms with Crippen molar-refractivity contribution in [1.82, 2.24) is 0 Å². The first-order valence-corrected chi connectivity index (χ1v) is 5.84. The maximum Gasteiger partial charge on any atom is 0.114 e. The zero-order valence-electron chi connectivity index (χ0n) is 7.69. The van der Waals surface area contributed by atoms with Crippen LogP contribution in [-0.4, -0.2) is 5.11 Å². The molecule has 0 aliphatic heterocycles. The highest BCUT2D eigenvalue weighted by Crippen LogP contribution is 2.35.